The lowest BCUT2D eigenvalue weighted by Gasteiger charge is -2.09. The average Bonchev–Trinajstić information content (AvgIpc) is 2.57. The van der Waals surface area contributed by atoms with Crippen LogP contribution in [0.1, 0.15) is 16.7 Å². The Morgan fingerprint density at radius 1 is 0.682 bits per heavy atom. The predicted molar refractivity (Wildman–Crippen MR) is 95.1 cm³/mol. The number of anilines is 1. The second-order valence-corrected chi connectivity index (χ2v) is 5.72. The summed E-state index contributed by atoms with van der Waals surface area (Å²) < 4.78 is 0. The molecule has 0 aromatic heterocycles. The Balaban J connectivity index is 1.67. The molecule has 3 aromatic rings. The third kappa shape index (κ3) is 3.37. The maximum Gasteiger partial charge on any atom is 0.0400 e. The van der Waals surface area contributed by atoms with Gasteiger partial charge in [-0.25, -0.2) is 0 Å². The summed E-state index contributed by atoms with van der Waals surface area (Å²) in [4.78, 5) is 0. The number of benzene rings is 3. The molecule has 0 amide bonds. The van der Waals surface area contributed by atoms with Gasteiger partial charge in [-0.05, 0) is 53.8 Å². The molecular weight excluding hydrogens is 266 g/mol. The molecule has 110 valence electrons. The molecule has 0 saturated heterocycles. The molecule has 1 nitrogen and oxygen atoms in total. The summed E-state index contributed by atoms with van der Waals surface area (Å²) in [5, 5.41) is 3.49. The van der Waals surface area contributed by atoms with Gasteiger partial charge in [0.05, 0.1) is 0 Å². The highest BCUT2D eigenvalue weighted by atomic mass is 14.9. The molecule has 0 aliphatic rings. The molecule has 0 heterocycles. The van der Waals surface area contributed by atoms with Crippen LogP contribution in [0, 0.1) is 13.8 Å². The van der Waals surface area contributed by atoms with E-state index < -0.39 is 0 Å². The molecule has 22 heavy (non-hydrogen) atoms. The summed E-state index contributed by atoms with van der Waals surface area (Å²) in [6, 6.07) is 25.7. The van der Waals surface area contributed by atoms with Gasteiger partial charge in [-0.1, -0.05) is 60.7 Å². The predicted octanol–water partition coefficient (Wildman–Crippen LogP) is 5.58. The fraction of sp³-hybridized carbons (Fsp3) is 0.143. The highest BCUT2D eigenvalue weighted by Gasteiger charge is 1.99. The van der Waals surface area contributed by atoms with Gasteiger partial charge < -0.3 is 5.32 Å². The van der Waals surface area contributed by atoms with E-state index in [-0.39, 0.29) is 0 Å². The van der Waals surface area contributed by atoms with Crippen LogP contribution in [0.25, 0.3) is 11.1 Å². The number of rotatable bonds is 4. The van der Waals surface area contributed by atoms with E-state index in [4.69, 9.17) is 0 Å². The van der Waals surface area contributed by atoms with Gasteiger partial charge in [-0.15, -0.1) is 0 Å². The van der Waals surface area contributed by atoms with Crippen molar-refractivity contribution in [3.63, 3.8) is 0 Å². The Hall–Kier alpha value is -2.54. The lowest BCUT2D eigenvalue weighted by atomic mass is 10.0. The maximum absolute atomic E-state index is 3.49. The van der Waals surface area contributed by atoms with E-state index in [1.807, 2.05) is 6.07 Å². The van der Waals surface area contributed by atoms with Crippen LogP contribution < -0.4 is 5.32 Å². The summed E-state index contributed by atoms with van der Waals surface area (Å²) in [6.07, 6.45) is 0. The standard InChI is InChI=1S/C21H21N/c1-16-8-13-21(14-17(16)2)22-15-18-9-11-20(12-10-18)19-6-4-3-5-7-19/h3-14,22H,15H2,1-2H3. The average molecular weight is 287 g/mol. The minimum absolute atomic E-state index is 0.845. The lowest BCUT2D eigenvalue weighted by Crippen LogP contribution is -1.99. The summed E-state index contributed by atoms with van der Waals surface area (Å²) >= 11 is 0. The Kier molecular flexibility index (Phi) is 4.24. The Labute approximate surface area is 132 Å². The van der Waals surface area contributed by atoms with Crippen LogP contribution >= 0.6 is 0 Å². The van der Waals surface area contributed by atoms with E-state index in [9.17, 15) is 0 Å². The van der Waals surface area contributed by atoms with Crippen molar-refractivity contribution in [3.05, 3.63) is 89.5 Å². The molecule has 3 rings (SSSR count). The van der Waals surface area contributed by atoms with Gasteiger partial charge in [0.25, 0.3) is 0 Å². The quantitative estimate of drug-likeness (QED) is 0.660. The first-order valence-electron chi connectivity index (χ1n) is 7.68. The number of hydrogen-bond acceptors (Lipinski definition) is 1. The molecule has 3 aromatic carbocycles. The van der Waals surface area contributed by atoms with Gasteiger partial charge in [0, 0.05) is 12.2 Å². The maximum atomic E-state index is 3.49. The van der Waals surface area contributed by atoms with Crippen molar-refractivity contribution in [3.8, 4) is 11.1 Å². The van der Waals surface area contributed by atoms with Crippen LogP contribution in [0.4, 0.5) is 5.69 Å². The van der Waals surface area contributed by atoms with Crippen molar-refractivity contribution in [1.82, 2.24) is 0 Å². The van der Waals surface area contributed by atoms with Gasteiger partial charge in [-0.2, -0.15) is 0 Å². The molecule has 0 spiro atoms. The third-order valence-electron chi connectivity index (χ3n) is 4.06. The molecule has 0 unspecified atom stereocenters. The van der Waals surface area contributed by atoms with Gasteiger partial charge >= 0.3 is 0 Å². The first-order valence-corrected chi connectivity index (χ1v) is 7.68. The van der Waals surface area contributed by atoms with Gasteiger partial charge in [0.1, 0.15) is 0 Å². The van der Waals surface area contributed by atoms with Crippen molar-refractivity contribution < 1.29 is 0 Å². The summed E-state index contributed by atoms with van der Waals surface area (Å²) in [6.45, 7) is 5.13. The van der Waals surface area contributed by atoms with E-state index in [0.29, 0.717) is 0 Å². The van der Waals surface area contributed by atoms with E-state index in [1.54, 1.807) is 0 Å². The SMILES string of the molecule is Cc1ccc(NCc2ccc(-c3ccccc3)cc2)cc1C. The molecule has 1 heteroatoms. The van der Waals surface area contributed by atoms with E-state index in [1.165, 1.54) is 33.5 Å². The van der Waals surface area contributed by atoms with Crippen LogP contribution in [-0.4, -0.2) is 0 Å². The smallest absolute Gasteiger partial charge is 0.0400 e. The fourth-order valence-corrected chi connectivity index (χ4v) is 2.50. The van der Waals surface area contributed by atoms with Gasteiger partial charge in [0.15, 0.2) is 0 Å². The molecule has 0 saturated carbocycles. The van der Waals surface area contributed by atoms with E-state index >= 15 is 0 Å². The second kappa shape index (κ2) is 6.48. The zero-order valence-corrected chi connectivity index (χ0v) is 13.1. The van der Waals surface area contributed by atoms with Crippen LogP contribution in [-0.2, 0) is 6.54 Å². The molecule has 0 bridgehead atoms. The topological polar surface area (TPSA) is 12.0 Å². The van der Waals surface area contributed by atoms with Crippen molar-refractivity contribution in [2.24, 2.45) is 0 Å². The monoisotopic (exact) mass is 287 g/mol. The summed E-state index contributed by atoms with van der Waals surface area (Å²) in [7, 11) is 0. The first kappa shape index (κ1) is 14.4. The van der Waals surface area contributed by atoms with Crippen molar-refractivity contribution in [2.75, 3.05) is 5.32 Å². The fourth-order valence-electron chi connectivity index (χ4n) is 2.50. The highest BCUT2D eigenvalue weighted by Crippen LogP contribution is 2.20. The Morgan fingerprint density at radius 3 is 2.05 bits per heavy atom. The van der Waals surface area contributed by atoms with Crippen LogP contribution in [0.15, 0.2) is 72.8 Å². The second-order valence-electron chi connectivity index (χ2n) is 5.72. The lowest BCUT2D eigenvalue weighted by molar-refractivity contribution is 1.14. The minimum Gasteiger partial charge on any atom is -0.381 e. The van der Waals surface area contributed by atoms with Crippen LogP contribution in [0.5, 0.6) is 0 Å². The van der Waals surface area contributed by atoms with E-state index in [0.717, 1.165) is 6.54 Å². The minimum atomic E-state index is 0.845. The molecule has 0 atom stereocenters. The number of aryl methyl sites for hydroxylation is 2. The van der Waals surface area contributed by atoms with Crippen molar-refractivity contribution in [2.45, 2.75) is 20.4 Å². The molecule has 0 aliphatic carbocycles. The van der Waals surface area contributed by atoms with Crippen LogP contribution in [0.3, 0.4) is 0 Å². The molecule has 1 N–H and O–H groups in total. The molecule has 0 fully saturated rings. The number of nitrogens with one attached hydrogen (secondary N) is 1. The normalized spacial score (nSPS) is 10.5. The Bertz CT molecular complexity index is 743. The summed E-state index contributed by atoms with van der Waals surface area (Å²) in [5.74, 6) is 0. The largest absolute Gasteiger partial charge is 0.381 e. The van der Waals surface area contributed by atoms with Crippen LogP contribution in [0.2, 0.25) is 0 Å². The molecule has 0 radical (unpaired) electrons. The Morgan fingerprint density at radius 2 is 1.36 bits per heavy atom. The zero-order valence-electron chi connectivity index (χ0n) is 13.1. The van der Waals surface area contributed by atoms with E-state index in [2.05, 4.69) is 85.9 Å². The summed E-state index contributed by atoms with van der Waals surface area (Å²) in [5.41, 5.74) is 7.64. The van der Waals surface area contributed by atoms with Gasteiger partial charge in [0.2, 0.25) is 0 Å². The zero-order chi connectivity index (χ0) is 15.4. The van der Waals surface area contributed by atoms with Gasteiger partial charge in [-0.3, -0.25) is 0 Å². The molecular formula is C21H21N. The third-order valence-corrected chi connectivity index (χ3v) is 4.06. The van der Waals surface area contributed by atoms with Crippen molar-refractivity contribution in [1.29, 1.82) is 0 Å². The number of hydrogen-bond donors (Lipinski definition) is 1. The first-order chi connectivity index (χ1) is 10.7. The molecule has 0 aliphatic heterocycles. The van der Waals surface area contributed by atoms with Crippen molar-refractivity contribution >= 4 is 5.69 Å². The highest BCUT2D eigenvalue weighted by molar-refractivity contribution is 5.63.